The van der Waals surface area contributed by atoms with E-state index in [0.29, 0.717) is 10.0 Å². The standard InChI is InChI=1S/C26H20BrCl2F2N3O4S/c1-13(2)12-39(37,38)33-20-7-6-19(30)22(23(20)31)24(35)14-10-15-16(27)8-9-32-25(15)34(11-14)26(36)21-17(28)4-3-5-18(21)29/h3-10,13,33H,11-12H2,1-2H3. The van der Waals surface area contributed by atoms with E-state index in [0.717, 1.165) is 17.0 Å². The molecule has 39 heavy (non-hydrogen) atoms. The van der Waals surface area contributed by atoms with E-state index in [1.807, 2.05) is 0 Å². The van der Waals surface area contributed by atoms with Crippen molar-refractivity contribution in [1.29, 1.82) is 0 Å². The molecule has 1 N–H and O–H groups in total. The number of sulfonamides is 1. The summed E-state index contributed by atoms with van der Waals surface area (Å²) < 4.78 is 57.6. The van der Waals surface area contributed by atoms with E-state index in [1.54, 1.807) is 26.0 Å². The van der Waals surface area contributed by atoms with E-state index in [9.17, 15) is 22.4 Å². The van der Waals surface area contributed by atoms with Gasteiger partial charge in [0.1, 0.15) is 11.6 Å². The maximum Gasteiger partial charge on any atom is 0.262 e. The molecule has 2 aromatic carbocycles. The lowest BCUT2D eigenvalue weighted by Crippen LogP contribution is -2.38. The Kier molecular flexibility index (Phi) is 8.46. The van der Waals surface area contributed by atoms with Crippen LogP contribution in [0.25, 0.3) is 6.08 Å². The van der Waals surface area contributed by atoms with Gasteiger partial charge < -0.3 is 0 Å². The number of amides is 1. The fourth-order valence-electron chi connectivity index (χ4n) is 4.04. The van der Waals surface area contributed by atoms with Crippen LogP contribution in [0.15, 0.2) is 52.6 Å². The van der Waals surface area contributed by atoms with E-state index >= 15 is 4.39 Å². The Morgan fingerprint density at radius 3 is 2.41 bits per heavy atom. The second-order valence-corrected chi connectivity index (χ2v) is 12.5. The maximum absolute atomic E-state index is 15.5. The highest BCUT2D eigenvalue weighted by molar-refractivity contribution is 9.10. The quantitative estimate of drug-likeness (QED) is 0.283. The van der Waals surface area contributed by atoms with Crippen molar-refractivity contribution in [1.82, 2.24) is 4.98 Å². The molecule has 1 aliphatic heterocycles. The number of halogens is 5. The number of ketones is 1. The number of fused-ring (bicyclic) bond motifs is 1. The van der Waals surface area contributed by atoms with Crippen LogP contribution < -0.4 is 9.62 Å². The van der Waals surface area contributed by atoms with Crippen LogP contribution in [0.4, 0.5) is 20.3 Å². The van der Waals surface area contributed by atoms with Gasteiger partial charge in [0.25, 0.3) is 5.91 Å². The van der Waals surface area contributed by atoms with Gasteiger partial charge in [-0.15, -0.1) is 0 Å². The summed E-state index contributed by atoms with van der Waals surface area (Å²) >= 11 is 15.8. The van der Waals surface area contributed by atoms with Gasteiger partial charge in [-0.25, -0.2) is 22.2 Å². The SMILES string of the molecule is CC(C)CS(=O)(=O)Nc1ccc(F)c(C(=O)C2=Cc3c(Br)ccnc3N(C(=O)c3c(Cl)cccc3Cl)C2)c1F. The van der Waals surface area contributed by atoms with Crippen molar-refractivity contribution in [2.75, 3.05) is 21.9 Å². The third-order valence-electron chi connectivity index (χ3n) is 5.67. The maximum atomic E-state index is 15.5. The van der Waals surface area contributed by atoms with Gasteiger partial charge in [0, 0.05) is 21.8 Å². The number of pyridine rings is 1. The van der Waals surface area contributed by atoms with Crippen molar-refractivity contribution in [3.63, 3.8) is 0 Å². The summed E-state index contributed by atoms with van der Waals surface area (Å²) in [6, 6.07) is 7.77. The third-order valence-corrected chi connectivity index (χ3v) is 8.63. The number of nitrogens with zero attached hydrogens (tertiary/aromatic N) is 2. The normalized spacial score (nSPS) is 13.2. The first-order chi connectivity index (χ1) is 18.3. The van der Waals surface area contributed by atoms with Crippen LogP contribution in [0.1, 0.15) is 40.1 Å². The minimum atomic E-state index is -3.97. The first-order valence-corrected chi connectivity index (χ1v) is 14.6. The highest BCUT2D eigenvalue weighted by Crippen LogP contribution is 2.37. The molecule has 1 aromatic heterocycles. The molecule has 0 atom stereocenters. The fourth-order valence-corrected chi connectivity index (χ4v) is 6.47. The summed E-state index contributed by atoms with van der Waals surface area (Å²) in [5.41, 5.74) is -1.44. The number of nitrogens with one attached hydrogen (secondary N) is 1. The van der Waals surface area contributed by atoms with E-state index in [4.69, 9.17) is 23.2 Å². The van der Waals surface area contributed by atoms with Gasteiger partial charge in [0.05, 0.1) is 39.2 Å². The number of Topliss-reactive ketones (excluding diaryl/α,β-unsaturated/α-hetero) is 1. The molecule has 13 heteroatoms. The predicted octanol–water partition coefficient (Wildman–Crippen LogP) is 6.75. The first-order valence-electron chi connectivity index (χ1n) is 11.4. The Labute approximate surface area is 242 Å². The van der Waals surface area contributed by atoms with E-state index in [-0.39, 0.29) is 38.7 Å². The van der Waals surface area contributed by atoms with Crippen molar-refractivity contribution in [3.05, 3.63) is 91.0 Å². The lowest BCUT2D eigenvalue weighted by atomic mass is 9.96. The number of hydrogen-bond acceptors (Lipinski definition) is 5. The van der Waals surface area contributed by atoms with Crippen molar-refractivity contribution in [2.45, 2.75) is 13.8 Å². The van der Waals surface area contributed by atoms with Gasteiger partial charge >= 0.3 is 0 Å². The number of aromatic nitrogens is 1. The molecule has 1 amide bonds. The summed E-state index contributed by atoms with van der Waals surface area (Å²) in [4.78, 5) is 32.5. The van der Waals surface area contributed by atoms with Crippen LogP contribution in [-0.4, -0.2) is 37.4 Å². The first kappa shape index (κ1) is 29.1. The van der Waals surface area contributed by atoms with Crippen molar-refractivity contribution in [3.8, 4) is 0 Å². The molecule has 0 radical (unpaired) electrons. The molecule has 0 fully saturated rings. The van der Waals surface area contributed by atoms with Gasteiger partial charge in [-0.05, 0) is 58.3 Å². The summed E-state index contributed by atoms with van der Waals surface area (Å²) in [7, 11) is -3.97. The van der Waals surface area contributed by atoms with Gasteiger partial charge in [-0.1, -0.05) is 43.1 Å². The Morgan fingerprint density at radius 1 is 1.10 bits per heavy atom. The summed E-state index contributed by atoms with van der Waals surface area (Å²) in [5.74, 6) is -4.76. The minimum Gasteiger partial charge on any atom is -0.289 e. The van der Waals surface area contributed by atoms with Crippen LogP contribution in [0.5, 0.6) is 0 Å². The molecular weight excluding hydrogens is 639 g/mol. The van der Waals surface area contributed by atoms with Gasteiger partial charge in [0.15, 0.2) is 11.6 Å². The van der Waals surface area contributed by atoms with Crippen molar-refractivity contribution < 1.29 is 26.8 Å². The summed E-state index contributed by atoms with van der Waals surface area (Å²) in [6.45, 7) is 2.91. The highest BCUT2D eigenvalue weighted by atomic mass is 79.9. The lowest BCUT2D eigenvalue weighted by Gasteiger charge is -2.29. The number of hydrogen-bond donors (Lipinski definition) is 1. The number of carbonyl (C=O) groups excluding carboxylic acids is 2. The van der Waals surface area contributed by atoms with Crippen LogP contribution in [0.2, 0.25) is 10.0 Å². The van der Waals surface area contributed by atoms with E-state index in [1.165, 1.54) is 24.4 Å². The Morgan fingerprint density at radius 2 is 1.77 bits per heavy atom. The minimum absolute atomic E-state index is 0.0406. The predicted molar refractivity (Wildman–Crippen MR) is 151 cm³/mol. The molecule has 0 bridgehead atoms. The Bertz CT molecular complexity index is 1630. The number of rotatable bonds is 7. The second-order valence-electron chi connectivity index (χ2n) is 9.08. The van der Waals surface area contributed by atoms with Crippen LogP contribution in [0, 0.1) is 17.6 Å². The van der Waals surface area contributed by atoms with Crippen molar-refractivity contribution >= 4 is 78.4 Å². The molecule has 4 rings (SSSR count). The second kappa shape index (κ2) is 11.3. The number of anilines is 2. The van der Waals surface area contributed by atoms with Gasteiger partial charge in [0.2, 0.25) is 10.0 Å². The molecule has 0 aliphatic carbocycles. The number of benzene rings is 2. The molecule has 7 nitrogen and oxygen atoms in total. The summed E-state index contributed by atoms with van der Waals surface area (Å²) in [5, 5.41) is 0.120. The molecule has 0 saturated heterocycles. The average Bonchev–Trinajstić information content (AvgIpc) is 2.84. The zero-order valence-electron chi connectivity index (χ0n) is 20.4. The van der Waals surface area contributed by atoms with E-state index < -0.39 is 51.1 Å². The Hall–Kier alpha value is -2.86. The number of carbonyl (C=O) groups is 2. The third kappa shape index (κ3) is 6.01. The smallest absolute Gasteiger partial charge is 0.262 e. The van der Waals surface area contributed by atoms with Crippen molar-refractivity contribution in [2.24, 2.45) is 5.92 Å². The molecule has 1 aliphatic rings. The monoisotopic (exact) mass is 657 g/mol. The fraction of sp³-hybridized carbons (Fsp3) is 0.192. The molecular formula is C26H20BrCl2F2N3O4S. The topological polar surface area (TPSA) is 96.4 Å². The Balaban J connectivity index is 1.79. The van der Waals surface area contributed by atoms with E-state index in [2.05, 4.69) is 25.6 Å². The van der Waals surface area contributed by atoms with Crippen LogP contribution in [-0.2, 0) is 10.0 Å². The van der Waals surface area contributed by atoms with Gasteiger partial charge in [-0.3, -0.25) is 19.2 Å². The average molecular weight is 659 g/mol. The largest absolute Gasteiger partial charge is 0.289 e. The molecule has 0 spiro atoms. The molecule has 0 saturated carbocycles. The zero-order chi connectivity index (χ0) is 28.6. The lowest BCUT2D eigenvalue weighted by molar-refractivity contribution is 0.0985. The molecule has 0 unspecified atom stereocenters. The zero-order valence-corrected chi connectivity index (χ0v) is 24.4. The summed E-state index contributed by atoms with van der Waals surface area (Å²) in [6.07, 6.45) is 2.80. The van der Waals surface area contributed by atoms with Crippen LogP contribution >= 0.6 is 39.1 Å². The van der Waals surface area contributed by atoms with Gasteiger partial charge in [-0.2, -0.15) is 0 Å². The highest BCUT2D eigenvalue weighted by Gasteiger charge is 2.34. The molecule has 2 heterocycles. The van der Waals surface area contributed by atoms with Crippen LogP contribution in [0.3, 0.4) is 0 Å². The molecule has 3 aromatic rings. The molecule has 204 valence electrons.